The fraction of sp³-hybridized carbons (Fsp3) is 0.692. The van der Waals surface area contributed by atoms with Crippen LogP contribution in [-0.4, -0.2) is 30.3 Å². The van der Waals surface area contributed by atoms with E-state index < -0.39 is 12.6 Å². The lowest BCUT2D eigenvalue weighted by Crippen LogP contribution is -2.20. The average molecular weight is 322 g/mol. The predicted octanol–water partition coefficient (Wildman–Crippen LogP) is 3.49. The zero-order valence-corrected chi connectivity index (χ0v) is 12.4. The Morgan fingerprint density at radius 3 is 2.95 bits per heavy atom. The van der Waals surface area contributed by atoms with Crippen LogP contribution in [0.1, 0.15) is 42.7 Å². The summed E-state index contributed by atoms with van der Waals surface area (Å²) in [6.07, 6.45) is -2.74. The van der Waals surface area contributed by atoms with Crippen LogP contribution in [0, 0.1) is 0 Å². The number of carbonyl (C=O) groups excluding carboxylic acids is 1. The summed E-state index contributed by atoms with van der Waals surface area (Å²) in [5.41, 5.74) is 0.666. The summed E-state index contributed by atoms with van der Waals surface area (Å²) in [5, 5.41) is 3.13. The summed E-state index contributed by atoms with van der Waals surface area (Å²) in [4.78, 5) is 17.1. The normalized spacial score (nSPS) is 18.2. The number of ether oxygens (including phenoxy) is 1. The van der Waals surface area contributed by atoms with Gasteiger partial charge < -0.3 is 10.1 Å². The van der Waals surface area contributed by atoms with Gasteiger partial charge in [0.05, 0.1) is 18.7 Å². The highest BCUT2D eigenvalue weighted by molar-refractivity contribution is 7.15. The van der Waals surface area contributed by atoms with E-state index in [4.69, 9.17) is 4.74 Å². The second-order valence-electron chi connectivity index (χ2n) is 4.82. The van der Waals surface area contributed by atoms with Gasteiger partial charge in [-0.25, -0.2) is 4.98 Å². The molecule has 1 heterocycles. The van der Waals surface area contributed by atoms with E-state index in [1.54, 1.807) is 6.92 Å². The van der Waals surface area contributed by atoms with Gasteiger partial charge in [0, 0.05) is 11.4 Å². The van der Waals surface area contributed by atoms with Crippen molar-refractivity contribution in [1.82, 2.24) is 4.98 Å². The number of anilines is 1. The van der Waals surface area contributed by atoms with Gasteiger partial charge in [-0.2, -0.15) is 13.2 Å². The first-order valence-corrected chi connectivity index (χ1v) is 7.69. The minimum atomic E-state index is -4.18. The zero-order chi connectivity index (χ0) is 15.5. The highest BCUT2D eigenvalue weighted by atomic mass is 32.1. The SMILES string of the molecule is CCOC(=O)C1CCCc2sc(NCCC(F)(F)F)nc21. The lowest BCUT2D eigenvalue weighted by atomic mass is 9.91. The number of carbonyl (C=O) groups is 1. The van der Waals surface area contributed by atoms with Gasteiger partial charge in [-0.3, -0.25) is 4.79 Å². The van der Waals surface area contributed by atoms with Gasteiger partial charge in [0.15, 0.2) is 5.13 Å². The second-order valence-corrected chi connectivity index (χ2v) is 5.90. The van der Waals surface area contributed by atoms with Crippen LogP contribution in [0.15, 0.2) is 0 Å². The third-order valence-corrected chi connectivity index (χ3v) is 4.30. The van der Waals surface area contributed by atoms with Gasteiger partial charge in [0.1, 0.15) is 5.92 Å². The highest BCUT2D eigenvalue weighted by Crippen LogP contribution is 2.37. The summed E-state index contributed by atoms with van der Waals surface area (Å²) in [5.74, 6) is -0.686. The molecular weight excluding hydrogens is 305 g/mol. The number of fused-ring (bicyclic) bond motifs is 1. The van der Waals surface area contributed by atoms with Crippen LogP contribution in [0.4, 0.5) is 18.3 Å². The van der Waals surface area contributed by atoms with Crippen LogP contribution in [0.2, 0.25) is 0 Å². The highest BCUT2D eigenvalue weighted by Gasteiger charge is 2.31. The molecule has 1 N–H and O–H groups in total. The fourth-order valence-corrected chi connectivity index (χ4v) is 3.37. The number of esters is 1. The molecule has 0 amide bonds. The Labute approximate surface area is 124 Å². The van der Waals surface area contributed by atoms with Crippen molar-refractivity contribution in [3.05, 3.63) is 10.6 Å². The molecule has 0 bridgehead atoms. The van der Waals surface area contributed by atoms with Gasteiger partial charge in [0.25, 0.3) is 0 Å². The summed E-state index contributed by atoms with van der Waals surface area (Å²) in [6, 6.07) is 0. The molecule has 0 spiro atoms. The third kappa shape index (κ3) is 4.33. The van der Waals surface area contributed by atoms with Gasteiger partial charge in [-0.15, -0.1) is 11.3 Å². The number of thiazole rings is 1. The van der Waals surface area contributed by atoms with Crippen molar-refractivity contribution in [3.63, 3.8) is 0 Å². The number of alkyl halides is 3. The summed E-state index contributed by atoms with van der Waals surface area (Å²) in [7, 11) is 0. The summed E-state index contributed by atoms with van der Waals surface area (Å²) < 4.78 is 41.4. The van der Waals surface area contributed by atoms with E-state index in [1.807, 2.05) is 0 Å². The number of nitrogens with zero attached hydrogens (tertiary/aromatic N) is 1. The largest absolute Gasteiger partial charge is 0.465 e. The number of hydrogen-bond acceptors (Lipinski definition) is 5. The average Bonchev–Trinajstić information content (AvgIpc) is 2.79. The Balaban J connectivity index is 2.03. The molecule has 0 fully saturated rings. The van der Waals surface area contributed by atoms with Gasteiger partial charge >= 0.3 is 12.1 Å². The number of hydrogen-bond donors (Lipinski definition) is 1. The zero-order valence-electron chi connectivity index (χ0n) is 11.6. The van der Waals surface area contributed by atoms with Crippen molar-refractivity contribution in [2.45, 2.75) is 44.7 Å². The molecule has 4 nitrogen and oxygen atoms in total. The van der Waals surface area contributed by atoms with E-state index in [-0.39, 0.29) is 18.4 Å². The van der Waals surface area contributed by atoms with Crippen LogP contribution >= 0.6 is 11.3 Å². The molecule has 0 saturated carbocycles. The lowest BCUT2D eigenvalue weighted by Gasteiger charge is -2.19. The Hall–Kier alpha value is -1.31. The standard InChI is InChI=1S/C13H17F3N2O2S/c1-2-20-11(19)8-4-3-5-9-10(8)18-12(21-9)17-7-6-13(14,15)16/h8H,2-7H2,1H3,(H,17,18). The number of rotatable bonds is 5. The number of aromatic nitrogens is 1. The first-order valence-electron chi connectivity index (χ1n) is 6.87. The smallest absolute Gasteiger partial charge is 0.390 e. The maximum Gasteiger partial charge on any atom is 0.390 e. The van der Waals surface area contributed by atoms with Crippen molar-refractivity contribution in [1.29, 1.82) is 0 Å². The molecule has 0 radical (unpaired) electrons. The van der Waals surface area contributed by atoms with Crippen molar-refractivity contribution in [2.24, 2.45) is 0 Å². The maximum atomic E-state index is 12.1. The molecular formula is C13H17F3N2O2S. The minimum absolute atomic E-state index is 0.208. The second kappa shape index (κ2) is 6.64. The van der Waals surface area contributed by atoms with Crippen molar-refractivity contribution in [3.8, 4) is 0 Å². The molecule has 1 aliphatic carbocycles. The van der Waals surface area contributed by atoms with Crippen molar-refractivity contribution >= 4 is 22.4 Å². The fourth-order valence-electron chi connectivity index (χ4n) is 2.28. The van der Waals surface area contributed by atoms with Gasteiger partial charge in [-0.1, -0.05) is 0 Å². The van der Waals surface area contributed by atoms with E-state index >= 15 is 0 Å². The lowest BCUT2D eigenvalue weighted by molar-refractivity contribution is -0.145. The van der Waals surface area contributed by atoms with Gasteiger partial charge in [0.2, 0.25) is 0 Å². The van der Waals surface area contributed by atoms with E-state index in [0.29, 0.717) is 23.9 Å². The minimum Gasteiger partial charge on any atom is -0.465 e. The molecule has 1 aliphatic rings. The molecule has 21 heavy (non-hydrogen) atoms. The van der Waals surface area contributed by atoms with Crippen LogP contribution in [-0.2, 0) is 16.0 Å². The summed E-state index contributed by atoms with van der Waals surface area (Å²) >= 11 is 1.33. The molecule has 1 aromatic rings. The van der Waals surface area contributed by atoms with E-state index in [0.717, 1.165) is 17.7 Å². The predicted molar refractivity (Wildman–Crippen MR) is 73.6 cm³/mol. The number of nitrogens with one attached hydrogen (secondary N) is 1. The Morgan fingerprint density at radius 2 is 2.29 bits per heavy atom. The Morgan fingerprint density at radius 1 is 1.52 bits per heavy atom. The van der Waals surface area contributed by atoms with Crippen LogP contribution in [0.25, 0.3) is 0 Å². The topological polar surface area (TPSA) is 51.2 Å². The van der Waals surface area contributed by atoms with Crippen LogP contribution < -0.4 is 5.32 Å². The van der Waals surface area contributed by atoms with E-state index in [2.05, 4.69) is 10.3 Å². The van der Waals surface area contributed by atoms with Crippen molar-refractivity contribution < 1.29 is 22.7 Å². The third-order valence-electron chi connectivity index (χ3n) is 3.21. The molecule has 8 heteroatoms. The first-order chi connectivity index (χ1) is 9.90. The molecule has 118 valence electrons. The molecule has 1 atom stereocenters. The summed E-state index contributed by atoms with van der Waals surface area (Å²) in [6.45, 7) is 1.85. The molecule has 0 aliphatic heterocycles. The first kappa shape index (κ1) is 16.1. The van der Waals surface area contributed by atoms with E-state index in [9.17, 15) is 18.0 Å². The maximum absolute atomic E-state index is 12.1. The van der Waals surface area contributed by atoms with Crippen LogP contribution in [0.3, 0.4) is 0 Å². The number of aryl methyl sites for hydroxylation is 1. The molecule has 2 rings (SSSR count). The molecule has 1 aromatic heterocycles. The van der Waals surface area contributed by atoms with Crippen molar-refractivity contribution in [2.75, 3.05) is 18.5 Å². The Bertz CT molecular complexity index is 502. The van der Waals surface area contributed by atoms with Gasteiger partial charge in [-0.05, 0) is 26.2 Å². The molecule has 1 unspecified atom stereocenters. The number of halogens is 3. The van der Waals surface area contributed by atoms with Crippen LogP contribution in [0.5, 0.6) is 0 Å². The Kier molecular flexibility index (Phi) is 5.08. The molecule has 0 aromatic carbocycles. The monoisotopic (exact) mass is 322 g/mol. The quantitative estimate of drug-likeness (QED) is 0.843. The van der Waals surface area contributed by atoms with E-state index in [1.165, 1.54) is 11.3 Å². The molecule has 0 saturated heterocycles.